The van der Waals surface area contributed by atoms with Gasteiger partial charge in [0, 0.05) is 62.5 Å². The van der Waals surface area contributed by atoms with Crippen LogP contribution in [0, 0.1) is 11.8 Å². The summed E-state index contributed by atoms with van der Waals surface area (Å²) in [5.74, 6) is -0.144. The number of imidazole rings is 2. The first-order valence-corrected chi connectivity index (χ1v) is 25.5. The largest absolute Gasteiger partial charge is 0.417 e. The Labute approximate surface area is 442 Å². The minimum atomic E-state index is -4.41. The Morgan fingerprint density at radius 1 is 0.636 bits per heavy atom. The molecule has 10 atom stereocenters. The Morgan fingerprint density at radius 2 is 1.10 bits per heavy atom. The first-order chi connectivity index (χ1) is 36.3. The second kappa shape index (κ2) is 20.6. The van der Waals surface area contributed by atoms with Crippen LogP contribution in [0.25, 0.3) is 22.3 Å². The van der Waals surface area contributed by atoms with Crippen molar-refractivity contribution in [2.45, 2.75) is 140 Å². The van der Waals surface area contributed by atoms with E-state index in [1.165, 1.54) is 24.8 Å². The fourth-order valence-corrected chi connectivity index (χ4v) is 11.4. The maximum absolute atomic E-state index is 12.9. The van der Waals surface area contributed by atoms with Gasteiger partial charge in [0.25, 0.3) is 0 Å². The highest BCUT2D eigenvalue weighted by molar-refractivity contribution is 6.33. The summed E-state index contributed by atoms with van der Waals surface area (Å²) in [6.45, 7) is 13.2. The van der Waals surface area contributed by atoms with Gasteiger partial charge in [-0.25, -0.2) is 39.9 Å². The van der Waals surface area contributed by atoms with Crippen molar-refractivity contribution in [2.24, 2.45) is 17.6 Å². The average Bonchev–Trinajstić information content (AvgIpc) is 4.30. The zero-order chi connectivity index (χ0) is 54.9. The van der Waals surface area contributed by atoms with Crippen LogP contribution in [-0.4, -0.2) is 135 Å². The standard InChI is InChI=1S/C25H28F3N7O3.C15H17ClN4O3.C10H12F3N3/c1-13(36)16-8-17(21-20(16)37-24(2,3)38-21)35-12-32-19-22(30-11-31-23(19)35)33-15-6-7-34(10-15)18-5-4-14(9-29-18)25(26,27)28;1-7(21)8-4-9(12-11(8)22-15(2,3)23-12)20-6-19-10-13(16)17-5-18-14(10)20;11-10(12,13)7-1-2-9(15-5-7)16-4-3-8(14)6-16/h4-5,9,11-12,15-17,20-21H,6-8,10H2,1-3H3,(H,30,31,33);5-6,8-9,11-12H,4H2,1-3H3;1-2,5,8H,3-4,6,14H2/t15-,16+,17+,20+,21-;8-,9-,11-,12+;8-/m010/s1. The molecule has 4 aliphatic heterocycles. The van der Waals surface area contributed by atoms with E-state index in [1.807, 2.05) is 46.6 Å². The molecule has 0 aromatic carbocycles. The van der Waals surface area contributed by atoms with Crippen molar-refractivity contribution in [3.05, 3.63) is 78.2 Å². The normalized spacial score (nSPS) is 28.3. The molecule has 0 bridgehead atoms. The quantitative estimate of drug-likeness (QED) is 0.112. The number of halogens is 7. The summed E-state index contributed by atoms with van der Waals surface area (Å²) in [6, 6.07) is 4.72. The maximum Gasteiger partial charge on any atom is 0.417 e. The predicted octanol–water partition coefficient (Wildman–Crippen LogP) is 7.39. The number of ether oxygens (including phenoxy) is 4. The minimum absolute atomic E-state index is 0.00679. The summed E-state index contributed by atoms with van der Waals surface area (Å²) < 4.78 is 104. The van der Waals surface area contributed by atoms with E-state index in [9.17, 15) is 35.9 Å². The van der Waals surface area contributed by atoms with Gasteiger partial charge in [0.1, 0.15) is 59.1 Å². The topological polar surface area (TPSA) is 229 Å². The van der Waals surface area contributed by atoms with Crippen LogP contribution in [0.15, 0.2) is 62.0 Å². The lowest BCUT2D eigenvalue weighted by atomic mass is 10.0. The number of hydrogen-bond acceptors (Lipinski definition) is 18. The van der Waals surface area contributed by atoms with Gasteiger partial charge < -0.3 is 48.9 Å². The molecule has 412 valence electrons. The van der Waals surface area contributed by atoms with Gasteiger partial charge in [-0.05, 0) is 91.5 Å². The van der Waals surface area contributed by atoms with Crippen LogP contribution in [0.4, 0.5) is 43.8 Å². The number of rotatable bonds is 8. The van der Waals surface area contributed by atoms with E-state index in [4.69, 9.17) is 36.3 Å². The molecule has 0 spiro atoms. The SMILES string of the molecule is CC(=O)[C@H]1C[C@@H](n2cnc3c(Cl)ncnc32)[C@@H]2OC(C)(C)O[C@@H]21.CC(=O)[C@H]1C[C@@H](n2cnc3c(N[C@H]4CCN(c5ccc(C(F)(F)F)cn5)C4)ncnc32)[C@@H]2OC(C)(C)O[C@@H]21.N[C@H]1CCN(c2ccc(C(F)(F)F)cn2)C1. The number of ketones is 2. The van der Waals surface area contributed by atoms with E-state index in [2.05, 4.69) is 45.2 Å². The van der Waals surface area contributed by atoms with E-state index >= 15 is 0 Å². The number of nitrogens with one attached hydrogen (secondary N) is 1. The van der Waals surface area contributed by atoms with Gasteiger partial charge in [0.2, 0.25) is 0 Å². The molecule has 0 amide bonds. The van der Waals surface area contributed by atoms with Gasteiger partial charge in [-0.1, -0.05) is 11.6 Å². The molecule has 12 rings (SSSR count). The van der Waals surface area contributed by atoms with Crippen LogP contribution in [0.5, 0.6) is 0 Å². The third-order valence-electron chi connectivity index (χ3n) is 14.9. The van der Waals surface area contributed by atoms with Gasteiger partial charge in [-0.3, -0.25) is 9.59 Å². The maximum atomic E-state index is 12.9. The van der Waals surface area contributed by atoms with Crippen LogP contribution < -0.4 is 20.9 Å². The van der Waals surface area contributed by atoms with Crippen molar-refractivity contribution in [1.82, 2.24) is 49.0 Å². The number of carbonyl (C=O) groups excluding carboxylic acids is 2. The lowest BCUT2D eigenvalue weighted by Gasteiger charge is -2.23. The molecule has 3 N–H and O–H groups in total. The Morgan fingerprint density at radius 3 is 1.57 bits per heavy atom. The Bertz CT molecular complexity index is 3130. The molecule has 2 saturated carbocycles. The molecule has 2 aliphatic carbocycles. The summed E-state index contributed by atoms with van der Waals surface area (Å²) in [5.41, 5.74) is 6.64. The summed E-state index contributed by atoms with van der Waals surface area (Å²) in [7, 11) is 0. The van der Waals surface area contributed by atoms with Crippen LogP contribution in [0.1, 0.15) is 90.4 Å². The minimum Gasteiger partial charge on any atom is -0.364 e. The van der Waals surface area contributed by atoms with Crippen molar-refractivity contribution >= 4 is 62.9 Å². The highest BCUT2D eigenvalue weighted by Gasteiger charge is 2.57. The third-order valence-corrected chi connectivity index (χ3v) is 15.1. The smallest absolute Gasteiger partial charge is 0.364 e. The fourth-order valence-electron chi connectivity index (χ4n) is 11.3. The van der Waals surface area contributed by atoms with Crippen LogP contribution >= 0.6 is 11.6 Å². The van der Waals surface area contributed by atoms with Gasteiger partial charge in [-0.2, -0.15) is 26.3 Å². The molecular weight excluding hydrogens is 1040 g/mol. The summed E-state index contributed by atoms with van der Waals surface area (Å²) in [4.78, 5) is 62.1. The van der Waals surface area contributed by atoms with E-state index in [0.29, 0.717) is 77.4 Å². The lowest BCUT2D eigenvalue weighted by Crippen LogP contribution is -2.29. The van der Waals surface area contributed by atoms with Gasteiger partial charge >= 0.3 is 12.4 Å². The number of pyridine rings is 2. The molecular formula is C50H57ClF6N14O6. The number of fused-ring (bicyclic) bond motifs is 4. The third kappa shape index (κ3) is 11.1. The number of alkyl halides is 6. The Balaban J connectivity index is 0.000000146. The monoisotopic (exact) mass is 1100 g/mol. The van der Waals surface area contributed by atoms with Gasteiger partial charge in [0.15, 0.2) is 33.8 Å². The predicted molar refractivity (Wildman–Crippen MR) is 266 cm³/mol. The highest BCUT2D eigenvalue weighted by atomic mass is 35.5. The van der Waals surface area contributed by atoms with E-state index < -0.39 is 35.1 Å². The lowest BCUT2D eigenvalue weighted by molar-refractivity contribution is -0.163. The number of hydrogen-bond donors (Lipinski definition) is 2. The number of nitrogens with two attached hydrogens (primary N) is 1. The fraction of sp³-hybridized carbons (Fsp3) is 0.560. The molecule has 10 heterocycles. The zero-order valence-electron chi connectivity index (χ0n) is 42.7. The summed E-state index contributed by atoms with van der Waals surface area (Å²) in [6.07, 6.45) is 0.957. The number of anilines is 3. The first kappa shape index (κ1) is 54.2. The summed E-state index contributed by atoms with van der Waals surface area (Å²) >= 11 is 6.08. The zero-order valence-corrected chi connectivity index (χ0v) is 43.5. The summed E-state index contributed by atoms with van der Waals surface area (Å²) in [5, 5.41) is 3.74. The molecule has 20 nitrogen and oxygen atoms in total. The molecule has 6 fully saturated rings. The molecule has 4 saturated heterocycles. The molecule has 6 aromatic heterocycles. The van der Waals surface area contributed by atoms with Crippen LogP contribution in [0.2, 0.25) is 5.15 Å². The van der Waals surface area contributed by atoms with Crippen molar-refractivity contribution in [3.8, 4) is 0 Å². The Hall–Kier alpha value is -6.19. The molecule has 27 heteroatoms. The van der Waals surface area contributed by atoms with Crippen LogP contribution in [-0.2, 0) is 40.9 Å². The van der Waals surface area contributed by atoms with Gasteiger partial charge in [-0.15, -0.1) is 0 Å². The van der Waals surface area contributed by atoms with Gasteiger partial charge in [0.05, 0.1) is 48.1 Å². The average molecular weight is 1100 g/mol. The number of aromatic nitrogens is 10. The first-order valence-electron chi connectivity index (χ1n) is 25.2. The van der Waals surface area contributed by atoms with Crippen molar-refractivity contribution in [1.29, 1.82) is 0 Å². The second-order valence-electron chi connectivity index (χ2n) is 21.1. The van der Waals surface area contributed by atoms with Crippen LogP contribution in [0.3, 0.4) is 0 Å². The molecule has 0 unspecified atom stereocenters. The molecule has 6 aliphatic rings. The number of Topliss-reactive ketones (excluding diaryl/α,β-unsaturated/α-hetero) is 2. The van der Waals surface area contributed by atoms with E-state index in [1.54, 1.807) is 26.5 Å². The molecule has 6 aromatic rings. The highest BCUT2D eigenvalue weighted by Crippen LogP contribution is 2.49. The second-order valence-corrected chi connectivity index (χ2v) is 21.4. The molecule has 77 heavy (non-hydrogen) atoms. The number of carbonyl (C=O) groups is 2. The molecule has 0 radical (unpaired) electrons. The van der Waals surface area contributed by atoms with Crippen molar-refractivity contribution in [3.63, 3.8) is 0 Å². The van der Waals surface area contributed by atoms with E-state index in [0.717, 1.165) is 43.9 Å². The number of nitrogens with zero attached hydrogens (tertiary/aromatic N) is 12. The van der Waals surface area contributed by atoms with Crippen molar-refractivity contribution in [2.75, 3.05) is 41.3 Å². The van der Waals surface area contributed by atoms with Crippen molar-refractivity contribution < 1.29 is 54.9 Å². The van der Waals surface area contributed by atoms with E-state index in [-0.39, 0.29) is 72.0 Å². The Kier molecular flexibility index (Phi) is 14.5.